The highest BCUT2D eigenvalue weighted by atomic mass is 19.3. The van der Waals surface area contributed by atoms with E-state index in [1.165, 1.54) is 18.6 Å². The summed E-state index contributed by atoms with van der Waals surface area (Å²) in [6, 6.07) is 1.63. The largest absolute Gasteiger partial charge is 0.480 e. The van der Waals surface area contributed by atoms with E-state index in [4.69, 9.17) is 0 Å². The Labute approximate surface area is 317 Å². The number of aliphatic carboxylic acids is 1. The number of likely N-dealkylation sites (tertiary alicyclic amines) is 1. The number of aromatic nitrogens is 2. The first-order chi connectivity index (χ1) is 26.0. The van der Waals surface area contributed by atoms with Crippen molar-refractivity contribution in [3.8, 4) is 0 Å². The van der Waals surface area contributed by atoms with Crippen molar-refractivity contribution in [2.75, 3.05) is 6.54 Å². The molecule has 0 radical (unpaired) electrons. The fourth-order valence-corrected chi connectivity index (χ4v) is 7.18. The number of carbonyl (C=O) groups excluding carboxylic acids is 6. The van der Waals surface area contributed by atoms with Crippen LogP contribution >= 0.6 is 0 Å². The third kappa shape index (κ3) is 10.2. The molecule has 5 N–H and O–H groups in total. The normalized spacial score (nSPS) is 20.8. The molecule has 15 nitrogen and oxygen atoms in total. The number of benzene rings is 1. The molecule has 5 amide bonds. The first-order valence-corrected chi connectivity index (χ1v) is 18.4. The number of fused-ring (bicyclic) bond motifs is 1. The number of carbonyl (C=O) groups is 7. The van der Waals surface area contributed by atoms with Gasteiger partial charge in [0.25, 0.3) is 17.7 Å². The number of rotatable bonds is 17. The molecule has 1 aromatic carbocycles. The lowest BCUT2D eigenvalue weighted by Gasteiger charge is -2.34. The van der Waals surface area contributed by atoms with Gasteiger partial charge in [-0.1, -0.05) is 71.4 Å². The van der Waals surface area contributed by atoms with Gasteiger partial charge in [0.05, 0.1) is 12.2 Å². The highest BCUT2D eigenvalue weighted by Crippen LogP contribution is 2.51. The highest BCUT2D eigenvalue weighted by Gasteiger charge is 2.61. The van der Waals surface area contributed by atoms with Crippen molar-refractivity contribution >= 4 is 41.3 Å². The molecule has 55 heavy (non-hydrogen) atoms. The van der Waals surface area contributed by atoms with Gasteiger partial charge in [0.15, 0.2) is 0 Å². The molecule has 2 aromatic rings. The second-order valence-corrected chi connectivity index (χ2v) is 14.8. The summed E-state index contributed by atoms with van der Waals surface area (Å²) in [6.45, 7) is 7.80. The first-order valence-electron chi connectivity index (χ1n) is 18.4. The summed E-state index contributed by atoms with van der Waals surface area (Å²) in [5.74, 6) is -13.5. The Kier molecular flexibility index (Phi) is 14.1. The van der Waals surface area contributed by atoms with Gasteiger partial charge in [-0.2, -0.15) is 0 Å². The molecule has 0 unspecified atom stereocenters. The number of alkyl halides is 2. The maximum atomic E-state index is 15.2. The fraction of sp³-hybridized carbons (Fsp3) is 0.553. The second kappa shape index (κ2) is 18.3. The third-order valence-corrected chi connectivity index (χ3v) is 10.1. The molecule has 1 saturated heterocycles. The molecule has 0 bridgehead atoms. The van der Waals surface area contributed by atoms with E-state index in [2.05, 4.69) is 31.2 Å². The minimum atomic E-state index is -3.20. The van der Waals surface area contributed by atoms with Crippen LogP contribution in [-0.4, -0.2) is 104 Å². The Bertz CT molecular complexity index is 1730. The summed E-state index contributed by atoms with van der Waals surface area (Å²) < 4.78 is 30.4. The maximum Gasteiger partial charge on any atom is 0.326 e. The van der Waals surface area contributed by atoms with Crippen LogP contribution < -0.4 is 21.3 Å². The molecule has 1 aromatic heterocycles. The van der Waals surface area contributed by atoms with Gasteiger partial charge in [0.2, 0.25) is 23.5 Å². The average molecular weight is 770 g/mol. The number of hydrogen-bond donors (Lipinski definition) is 5. The number of ketones is 1. The number of carboxylic acid groups (broad SMARTS) is 1. The van der Waals surface area contributed by atoms with Gasteiger partial charge in [0, 0.05) is 37.7 Å². The van der Waals surface area contributed by atoms with Crippen molar-refractivity contribution in [2.45, 2.75) is 103 Å². The minimum absolute atomic E-state index is 0.0398. The zero-order valence-corrected chi connectivity index (χ0v) is 31.5. The van der Waals surface area contributed by atoms with Crippen molar-refractivity contribution in [1.82, 2.24) is 36.1 Å². The molecule has 17 heteroatoms. The van der Waals surface area contributed by atoms with Gasteiger partial charge in [-0.15, -0.1) is 0 Å². The van der Waals surface area contributed by atoms with E-state index >= 15 is 8.78 Å². The van der Waals surface area contributed by atoms with Crippen LogP contribution in [0.3, 0.4) is 0 Å². The summed E-state index contributed by atoms with van der Waals surface area (Å²) in [4.78, 5) is 102. The molecule has 2 fully saturated rings. The summed E-state index contributed by atoms with van der Waals surface area (Å²) in [6.07, 6.45) is 3.44. The van der Waals surface area contributed by atoms with Gasteiger partial charge in [-0.05, 0) is 36.2 Å². The van der Waals surface area contributed by atoms with Crippen LogP contribution in [0.4, 0.5) is 8.78 Å². The van der Waals surface area contributed by atoms with Gasteiger partial charge < -0.3 is 31.3 Å². The molecular weight excluding hydrogens is 720 g/mol. The van der Waals surface area contributed by atoms with Crippen LogP contribution in [0.2, 0.25) is 0 Å². The lowest BCUT2D eigenvalue weighted by atomic mass is 9.91. The number of Topliss-reactive ketones (excluding diaryl/α,β-unsaturated/α-hetero) is 1. The predicted octanol–water partition coefficient (Wildman–Crippen LogP) is 1.91. The summed E-state index contributed by atoms with van der Waals surface area (Å²) in [5.41, 5.74) is 0.555. The Hall–Kier alpha value is -5.35. The van der Waals surface area contributed by atoms with Crippen LogP contribution in [0.25, 0.3) is 0 Å². The van der Waals surface area contributed by atoms with Crippen LogP contribution in [0.5, 0.6) is 0 Å². The summed E-state index contributed by atoms with van der Waals surface area (Å²) >= 11 is 0. The number of carboxylic acids is 1. The molecule has 1 saturated carbocycles. The Morgan fingerprint density at radius 1 is 0.909 bits per heavy atom. The highest BCUT2D eigenvalue weighted by molar-refractivity contribution is 6.38. The Morgan fingerprint density at radius 3 is 2.16 bits per heavy atom. The van der Waals surface area contributed by atoms with E-state index in [0.29, 0.717) is 12.0 Å². The lowest BCUT2D eigenvalue weighted by molar-refractivity contribution is -0.146. The number of nitrogens with zero attached hydrogens (tertiary/aromatic N) is 3. The topological polar surface area (TPSA) is 217 Å². The van der Waals surface area contributed by atoms with Crippen molar-refractivity contribution in [2.24, 2.45) is 23.7 Å². The number of hydrogen-bond acceptors (Lipinski definition) is 9. The SMILES string of the molecule is CCC[C@H](NC(=O)[C@@H]1[C@H]2CCC(F)(F)[C@H]2CN1C(=O)[C@@H](NC(=O)[C@@H](NC(=O)c1cnccn1)C(C)C)C(C)C)C(=O)C(=O)N[C@@H](Cc1ccccc1)C(=O)O. The molecule has 1 aliphatic carbocycles. The standard InChI is InChI=1S/C38H49F2N7O8/c1-6-10-25(31(48)35(52)44-26(37(54)55)17-22-11-8-7-9-12-22)43-34(51)30-23-13-14-38(39,40)24(23)19-47(30)36(53)29(21(4)5)46-33(50)28(20(2)3)45-32(49)27-18-41-15-16-42-27/h7-9,11-12,15-16,18,20-21,23-26,28-30H,6,10,13-14,17,19H2,1-5H3,(H,43,51)(H,44,52)(H,45,49)(H,46,50)(H,54,55)/t23-,24-,25-,26-,28-,29-,30-/m0/s1. The average Bonchev–Trinajstić information content (AvgIpc) is 3.68. The number of nitrogens with one attached hydrogen (secondary N) is 4. The van der Waals surface area contributed by atoms with Gasteiger partial charge in [-0.25, -0.2) is 18.6 Å². The van der Waals surface area contributed by atoms with E-state index in [0.717, 1.165) is 4.90 Å². The summed E-state index contributed by atoms with van der Waals surface area (Å²) in [5, 5.41) is 19.7. The number of amides is 5. The molecule has 7 atom stereocenters. The van der Waals surface area contributed by atoms with Crippen molar-refractivity contribution in [3.05, 3.63) is 60.2 Å². The van der Waals surface area contributed by atoms with E-state index in [1.54, 1.807) is 65.0 Å². The fourth-order valence-electron chi connectivity index (χ4n) is 7.18. The van der Waals surface area contributed by atoms with E-state index in [9.17, 15) is 38.7 Å². The zero-order valence-electron chi connectivity index (χ0n) is 31.5. The van der Waals surface area contributed by atoms with Crippen molar-refractivity contribution in [1.29, 1.82) is 0 Å². The van der Waals surface area contributed by atoms with Crippen molar-refractivity contribution in [3.63, 3.8) is 0 Å². The van der Waals surface area contributed by atoms with Crippen molar-refractivity contribution < 1.29 is 47.4 Å². The molecule has 4 rings (SSSR count). The molecule has 1 aliphatic heterocycles. The van der Waals surface area contributed by atoms with Gasteiger partial charge in [-0.3, -0.25) is 33.8 Å². The molecule has 0 spiro atoms. The molecule has 2 heterocycles. The van der Waals surface area contributed by atoms with Crippen LogP contribution in [0, 0.1) is 23.7 Å². The van der Waals surface area contributed by atoms with Gasteiger partial charge >= 0.3 is 5.97 Å². The lowest BCUT2D eigenvalue weighted by Crippen LogP contribution is -2.60. The molecule has 2 aliphatic rings. The van der Waals surface area contributed by atoms with Gasteiger partial charge in [0.1, 0.15) is 29.9 Å². The third-order valence-electron chi connectivity index (χ3n) is 10.1. The van der Waals surface area contributed by atoms with E-state index < -0.39 is 114 Å². The summed E-state index contributed by atoms with van der Waals surface area (Å²) in [7, 11) is 0. The number of halogens is 2. The predicted molar refractivity (Wildman–Crippen MR) is 193 cm³/mol. The quantitative estimate of drug-likeness (QED) is 0.147. The minimum Gasteiger partial charge on any atom is -0.480 e. The Balaban J connectivity index is 1.54. The zero-order chi connectivity index (χ0) is 40.6. The van der Waals surface area contributed by atoms with Crippen LogP contribution in [0.1, 0.15) is 76.4 Å². The maximum absolute atomic E-state index is 15.2. The van der Waals surface area contributed by atoms with Crippen LogP contribution in [0.15, 0.2) is 48.9 Å². The molecule has 298 valence electrons. The monoisotopic (exact) mass is 769 g/mol. The Morgan fingerprint density at radius 2 is 1.58 bits per heavy atom. The second-order valence-electron chi connectivity index (χ2n) is 14.8. The smallest absolute Gasteiger partial charge is 0.326 e. The van der Waals surface area contributed by atoms with Crippen LogP contribution in [-0.2, 0) is 35.2 Å². The molecular formula is C38H49F2N7O8. The van der Waals surface area contributed by atoms with E-state index in [1.807, 2.05) is 0 Å². The van der Waals surface area contributed by atoms with E-state index in [-0.39, 0.29) is 25.0 Å². The first kappa shape index (κ1) is 42.4.